The number of halogens is 1. The van der Waals surface area contributed by atoms with Crippen molar-refractivity contribution in [2.75, 3.05) is 6.61 Å². The number of aromatic nitrogens is 1. The third-order valence-corrected chi connectivity index (χ3v) is 5.54. The summed E-state index contributed by atoms with van der Waals surface area (Å²) < 4.78 is 7.24. The lowest BCUT2D eigenvalue weighted by Gasteiger charge is -2.08. The van der Waals surface area contributed by atoms with Gasteiger partial charge in [0.05, 0.1) is 26.8 Å². The number of hydrogen-bond donors (Lipinski definition) is 1. The Labute approximate surface area is 158 Å². The first-order valence-electron chi connectivity index (χ1n) is 7.41. The molecule has 0 amide bonds. The monoisotopic (exact) mass is 388 g/mol. The first kappa shape index (κ1) is 17.6. The van der Waals surface area contributed by atoms with Crippen molar-refractivity contribution in [1.29, 1.82) is 5.26 Å². The second-order valence-electron chi connectivity index (χ2n) is 4.95. The molecule has 0 saturated heterocycles. The van der Waals surface area contributed by atoms with Crippen molar-refractivity contribution < 1.29 is 9.84 Å². The predicted octanol–water partition coefficient (Wildman–Crippen LogP) is 5.71. The Morgan fingerprint density at radius 1 is 1.44 bits per heavy atom. The van der Waals surface area contributed by atoms with Crippen LogP contribution < -0.4 is 4.74 Å². The highest BCUT2D eigenvalue weighted by Gasteiger charge is 2.11. The standard InChI is InChI=1S/C18H13ClN2O2S2/c1-2-23-15-9-11(8-13(19)17(15)22)7-12(10-20)24-18-21-14-5-3-4-6-16(14)25-18/h3-9,22H,2H2,1H3/b12-7+. The molecule has 0 aliphatic carbocycles. The number of phenols is 1. The Hall–Kier alpha value is -2.20. The van der Waals surface area contributed by atoms with Gasteiger partial charge in [-0.1, -0.05) is 23.7 Å². The molecule has 0 radical (unpaired) electrons. The van der Waals surface area contributed by atoms with E-state index in [4.69, 9.17) is 16.3 Å². The molecule has 0 aliphatic heterocycles. The molecule has 0 atom stereocenters. The summed E-state index contributed by atoms with van der Waals surface area (Å²) in [6.07, 6.45) is 1.70. The number of ether oxygens (including phenoxy) is 1. The van der Waals surface area contributed by atoms with Gasteiger partial charge >= 0.3 is 0 Å². The van der Waals surface area contributed by atoms with E-state index in [1.165, 1.54) is 23.1 Å². The molecular weight excluding hydrogens is 376 g/mol. The van der Waals surface area contributed by atoms with Crippen LogP contribution in [-0.4, -0.2) is 16.7 Å². The van der Waals surface area contributed by atoms with Gasteiger partial charge in [-0.05, 0) is 54.6 Å². The number of nitriles is 1. The molecule has 7 heteroatoms. The molecular formula is C18H13ClN2O2S2. The van der Waals surface area contributed by atoms with Crippen molar-refractivity contribution in [1.82, 2.24) is 4.98 Å². The normalized spacial score (nSPS) is 11.5. The van der Waals surface area contributed by atoms with E-state index in [9.17, 15) is 10.4 Å². The van der Waals surface area contributed by atoms with Crippen molar-refractivity contribution in [3.05, 3.63) is 51.9 Å². The van der Waals surface area contributed by atoms with Gasteiger partial charge in [0.2, 0.25) is 0 Å². The van der Waals surface area contributed by atoms with Crippen LogP contribution in [0.4, 0.5) is 0 Å². The number of nitrogens with zero attached hydrogens (tertiary/aromatic N) is 2. The van der Waals surface area contributed by atoms with Crippen molar-refractivity contribution in [2.24, 2.45) is 0 Å². The molecule has 2 aromatic carbocycles. The maximum Gasteiger partial charge on any atom is 0.176 e. The minimum absolute atomic E-state index is 0.0991. The van der Waals surface area contributed by atoms with Gasteiger partial charge < -0.3 is 9.84 Å². The fraction of sp³-hybridized carbons (Fsp3) is 0.111. The molecule has 1 N–H and O–H groups in total. The summed E-state index contributed by atoms with van der Waals surface area (Å²) in [5, 5.41) is 19.5. The highest BCUT2D eigenvalue weighted by molar-refractivity contribution is 8.05. The Morgan fingerprint density at radius 3 is 2.96 bits per heavy atom. The summed E-state index contributed by atoms with van der Waals surface area (Å²) in [7, 11) is 0. The van der Waals surface area contributed by atoms with Gasteiger partial charge in [-0.15, -0.1) is 11.3 Å². The maximum absolute atomic E-state index is 9.90. The van der Waals surface area contributed by atoms with Crippen molar-refractivity contribution in [2.45, 2.75) is 11.3 Å². The van der Waals surface area contributed by atoms with E-state index >= 15 is 0 Å². The zero-order valence-corrected chi connectivity index (χ0v) is 15.6. The van der Waals surface area contributed by atoms with Crippen LogP contribution in [0.1, 0.15) is 12.5 Å². The SMILES string of the molecule is CCOc1cc(/C=C(\C#N)Sc2nc3ccccc3s2)cc(Cl)c1O. The highest BCUT2D eigenvalue weighted by atomic mass is 35.5. The molecule has 3 aromatic rings. The van der Waals surface area contributed by atoms with Crippen LogP contribution in [0.3, 0.4) is 0 Å². The molecule has 4 nitrogen and oxygen atoms in total. The fourth-order valence-corrected chi connectivity index (χ4v) is 4.36. The zero-order valence-electron chi connectivity index (χ0n) is 13.2. The van der Waals surface area contributed by atoms with E-state index in [-0.39, 0.29) is 10.8 Å². The Kier molecular flexibility index (Phi) is 5.49. The average Bonchev–Trinajstić information content (AvgIpc) is 3.01. The summed E-state index contributed by atoms with van der Waals surface area (Å²) in [6.45, 7) is 2.22. The van der Waals surface area contributed by atoms with E-state index in [0.717, 1.165) is 14.6 Å². The molecule has 1 aromatic heterocycles. The molecule has 0 unspecified atom stereocenters. The first-order valence-corrected chi connectivity index (χ1v) is 9.42. The summed E-state index contributed by atoms with van der Waals surface area (Å²) in [5.74, 6) is 0.196. The summed E-state index contributed by atoms with van der Waals surface area (Å²) >= 11 is 8.87. The number of allylic oxidation sites excluding steroid dienone is 1. The molecule has 0 aliphatic rings. The molecule has 0 saturated carbocycles. The van der Waals surface area contributed by atoms with Crippen LogP contribution in [0, 0.1) is 11.3 Å². The average molecular weight is 389 g/mol. The summed E-state index contributed by atoms with van der Waals surface area (Å²) in [4.78, 5) is 4.99. The van der Waals surface area contributed by atoms with Crippen LogP contribution in [0.25, 0.3) is 16.3 Å². The van der Waals surface area contributed by atoms with Crippen molar-refractivity contribution in [3.63, 3.8) is 0 Å². The number of para-hydroxylation sites is 1. The minimum atomic E-state index is -0.0991. The van der Waals surface area contributed by atoms with Crippen molar-refractivity contribution >= 4 is 51.0 Å². The van der Waals surface area contributed by atoms with E-state index in [1.807, 2.05) is 31.2 Å². The molecule has 3 rings (SSSR count). The van der Waals surface area contributed by atoms with E-state index in [2.05, 4.69) is 11.1 Å². The lowest BCUT2D eigenvalue weighted by Crippen LogP contribution is -1.92. The zero-order chi connectivity index (χ0) is 17.8. The van der Waals surface area contributed by atoms with Crippen molar-refractivity contribution in [3.8, 4) is 17.6 Å². The highest BCUT2D eigenvalue weighted by Crippen LogP contribution is 2.38. The van der Waals surface area contributed by atoms with E-state index in [0.29, 0.717) is 22.8 Å². The van der Waals surface area contributed by atoms with Gasteiger partial charge in [-0.2, -0.15) is 5.26 Å². The van der Waals surface area contributed by atoms with Crippen LogP contribution in [0.5, 0.6) is 11.5 Å². The molecule has 0 fully saturated rings. The van der Waals surface area contributed by atoms with Crippen LogP contribution in [-0.2, 0) is 0 Å². The van der Waals surface area contributed by atoms with Gasteiger partial charge in [0.25, 0.3) is 0 Å². The number of rotatable bonds is 5. The van der Waals surface area contributed by atoms with Gasteiger partial charge in [-0.3, -0.25) is 0 Å². The maximum atomic E-state index is 9.90. The lowest BCUT2D eigenvalue weighted by atomic mass is 10.2. The number of phenolic OH excluding ortho intramolecular Hbond substituents is 1. The number of thioether (sulfide) groups is 1. The number of thiazole rings is 1. The van der Waals surface area contributed by atoms with Gasteiger partial charge in [0.1, 0.15) is 6.07 Å². The van der Waals surface area contributed by atoms with Gasteiger partial charge in [0, 0.05) is 0 Å². The first-order chi connectivity index (χ1) is 12.1. The minimum Gasteiger partial charge on any atom is -0.503 e. The Bertz CT molecular complexity index is 959. The smallest absolute Gasteiger partial charge is 0.176 e. The Morgan fingerprint density at radius 2 is 2.24 bits per heavy atom. The molecule has 1 heterocycles. The Balaban J connectivity index is 1.91. The summed E-state index contributed by atoms with van der Waals surface area (Å²) in [5.41, 5.74) is 1.59. The van der Waals surface area contributed by atoms with E-state index in [1.54, 1.807) is 18.2 Å². The second kappa shape index (κ2) is 7.79. The molecule has 126 valence electrons. The van der Waals surface area contributed by atoms with Gasteiger partial charge in [0.15, 0.2) is 15.8 Å². The third-order valence-electron chi connectivity index (χ3n) is 3.23. The third kappa shape index (κ3) is 4.07. The van der Waals surface area contributed by atoms with Crippen LogP contribution >= 0.6 is 34.7 Å². The molecule has 0 spiro atoms. The lowest BCUT2D eigenvalue weighted by molar-refractivity contribution is 0.318. The predicted molar refractivity (Wildman–Crippen MR) is 103 cm³/mol. The topological polar surface area (TPSA) is 66.1 Å². The number of fused-ring (bicyclic) bond motifs is 1. The van der Waals surface area contributed by atoms with Gasteiger partial charge in [-0.25, -0.2) is 4.98 Å². The van der Waals surface area contributed by atoms with Crippen LogP contribution in [0.15, 0.2) is 45.6 Å². The van der Waals surface area contributed by atoms with Crippen LogP contribution in [0.2, 0.25) is 5.02 Å². The van der Waals surface area contributed by atoms with E-state index < -0.39 is 0 Å². The quantitative estimate of drug-likeness (QED) is 0.447. The largest absolute Gasteiger partial charge is 0.503 e. The summed E-state index contributed by atoms with van der Waals surface area (Å²) in [6, 6.07) is 13.3. The molecule has 25 heavy (non-hydrogen) atoms. The number of aromatic hydroxyl groups is 1. The fourth-order valence-electron chi connectivity index (χ4n) is 2.17. The second-order valence-corrected chi connectivity index (χ2v) is 7.68. The number of benzene rings is 2. The molecule has 0 bridgehead atoms. The number of hydrogen-bond acceptors (Lipinski definition) is 6.